The van der Waals surface area contributed by atoms with Gasteiger partial charge in [0, 0.05) is 5.02 Å². The quantitative estimate of drug-likeness (QED) is 0.826. The molecule has 0 heterocycles. The molecule has 1 aromatic rings. The molecule has 0 saturated heterocycles. The Morgan fingerprint density at radius 2 is 2.29 bits per heavy atom. The zero-order valence-electron chi connectivity index (χ0n) is 9.58. The number of hydrogen-bond acceptors (Lipinski definition) is 3. The fourth-order valence-electron chi connectivity index (χ4n) is 1.40. The van der Waals surface area contributed by atoms with Gasteiger partial charge in [0.25, 0.3) is 0 Å². The highest BCUT2D eigenvalue weighted by atomic mass is 35.5. The number of carbonyl (C=O) groups is 1. The maximum Gasteiger partial charge on any atom is 0.322 e. The van der Waals surface area contributed by atoms with Gasteiger partial charge in [0.15, 0.2) is 0 Å². The van der Waals surface area contributed by atoms with Crippen LogP contribution in [0.25, 0.3) is 0 Å². The molecule has 0 saturated carbocycles. The summed E-state index contributed by atoms with van der Waals surface area (Å²) in [4.78, 5) is 11.2. The van der Waals surface area contributed by atoms with Crippen molar-refractivity contribution < 1.29 is 13.9 Å². The van der Waals surface area contributed by atoms with Gasteiger partial charge in [-0.05, 0) is 37.5 Å². The van der Waals surface area contributed by atoms with E-state index in [0.717, 1.165) is 0 Å². The summed E-state index contributed by atoms with van der Waals surface area (Å²) >= 11 is 5.63. The lowest BCUT2D eigenvalue weighted by atomic mass is 10.1. The van der Waals surface area contributed by atoms with Gasteiger partial charge in [0.2, 0.25) is 0 Å². The minimum absolute atomic E-state index is 0.293. The van der Waals surface area contributed by atoms with Crippen LogP contribution in [0.3, 0.4) is 0 Å². The number of benzene rings is 1. The molecular weight excluding hydrogens is 245 g/mol. The maximum absolute atomic E-state index is 13.4. The molecule has 0 aliphatic rings. The van der Waals surface area contributed by atoms with Gasteiger partial charge in [0.1, 0.15) is 11.9 Å². The summed E-state index contributed by atoms with van der Waals surface area (Å²) in [6.07, 6.45) is 0.723. The summed E-state index contributed by atoms with van der Waals surface area (Å²) in [5, 5.41) is 0.348. The second kappa shape index (κ2) is 6.57. The van der Waals surface area contributed by atoms with Crippen LogP contribution in [0.1, 0.15) is 18.9 Å². The molecule has 17 heavy (non-hydrogen) atoms. The number of aryl methyl sites for hydroxylation is 1. The summed E-state index contributed by atoms with van der Waals surface area (Å²) in [5.74, 6) is -0.838. The summed E-state index contributed by atoms with van der Waals surface area (Å²) in [5.41, 5.74) is 6.10. The number of rotatable bonds is 5. The van der Waals surface area contributed by atoms with Crippen LogP contribution < -0.4 is 5.73 Å². The molecule has 3 nitrogen and oxygen atoms in total. The Hall–Kier alpha value is -1.13. The Balaban J connectivity index is 2.52. The van der Waals surface area contributed by atoms with Gasteiger partial charge in [0.05, 0.1) is 6.61 Å². The molecule has 0 radical (unpaired) electrons. The van der Waals surface area contributed by atoms with Crippen molar-refractivity contribution in [3.8, 4) is 0 Å². The van der Waals surface area contributed by atoms with Crippen molar-refractivity contribution in [2.75, 3.05) is 6.61 Å². The Morgan fingerprint density at radius 1 is 1.59 bits per heavy atom. The minimum Gasteiger partial charge on any atom is -0.465 e. The molecule has 5 heteroatoms. The van der Waals surface area contributed by atoms with E-state index in [1.165, 1.54) is 6.07 Å². The summed E-state index contributed by atoms with van der Waals surface area (Å²) in [7, 11) is 0. The number of esters is 1. The van der Waals surface area contributed by atoms with E-state index in [4.69, 9.17) is 22.1 Å². The zero-order valence-corrected chi connectivity index (χ0v) is 10.3. The summed E-state index contributed by atoms with van der Waals surface area (Å²) < 4.78 is 18.2. The van der Waals surface area contributed by atoms with Gasteiger partial charge in [-0.25, -0.2) is 4.39 Å². The lowest BCUT2D eigenvalue weighted by Crippen LogP contribution is -2.32. The Bertz CT molecular complexity index is 398. The minimum atomic E-state index is -0.718. The smallest absolute Gasteiger partial charge is 0.322 e. The first kappa shape index (κ1) is 13.9. The van der Waals surface area contributed by atoms with E-state index in [-0.39, 0.29) is 5.82 Å². The standard InChI is InChI=1S/C12H15ClFNO2/c1-2-17-12(16)11(15)6-4-8-3-5-9(13)7-10(8)14/h3,5,7,11H,2,4,6,15H2,1H3. The molecule has 94 valence electrons. The van der Waals surface area contributed by atoms with Crippen molar-refractivity contribution in [3.05, 3.63) is 34.6 Å². The molecule has 0 aliphatic carbocycles. The first-order chi connectivity index (χ1) is 8.04. The third kappa shape index (κ3) is 4.32. The van der Waals surface area contributed by atoms with Crippen LogP contribution in [-0.4, -0.2) is 18.6 Å². The van der Waals surface area contributed by atoms with Crippen molar-refractivity contribution >= 4 is 17.6 Å². The van der Waals surface area contributed by atoms with Crippen LogP contribution in [-0.2, 0) is 16.0 Å². The van der Waals surface area contributed by atoms with Gasteiger partial charge in [-0.2, -0.15) is 0 Å². The highest BCUT2D eigenvalue weighted by molar-refractivity contribution is 6.30. The van der Waals surface area contributed by atoms with E-state index in [1.807, 2.05) is 0 Å². The third-order valence-corrected chi connectivity index (χ3v) is 2.56. The van der Waals surface area contributed by atoms with Crippen molar-refractivity contribution in [2.45, 2.75) is 25.8 Å². The fraction of sp³-hybridized carbons (Fsp3) is 0.417. The highest BCUT2D eigenvalue weighted by Gasteiger charge is 2.15. The van der Waals surface area contributed by atoms with Crippen LogP contribution >= 0.6 is 11.6 Å². The maximum atomic E-state index is 13.4. The topological polar surface area (TPSA) is 52.3 Å². The molecule has 0 aromatic heterocycles. The molecule has 0 aliphatic heterocycles. The molecule has 1 unspecified atom stereocenters. The number of halogens is 2. The van der Waals surface area contributed by atoms with Gasteiger partial charge < -0.3 is 10.5 Å². The predicted octanol–water partition coefficient (Wildman–Crippen LogP) is 2.30. The first-order valence-corrected chi connectivity index (χ1v) is 5.78. The van der Waals surface area contributed by atoms with Gasteiger partial charge in [-0.1, -0.05) is 17.7 Å². The van der Waals surface area contributed by atoms with Crippen molar-refractivity contribution in [3.63, 3.8) is 0 Å². The second-order valence-corrected chi connectivity index (χ2v) is 4.07. The lowest BCUT2D eigenvalue weighted by Gasteiger charge is -2.10. The van der Waals surface area contributed by atoms with E-state index < -0.39 is 12.0 Å². The third-order valence-electron chi connectivity index (χ3n) is 2.33. The summed E-state index contributed by atoms with van der Waals surface area (Å²) in [6.45, 7) is 2.01. The van der Waals surface area contributed by atoms with Gasteiger partial charge in [-0.3, -0.25) is 4.79 Å². The number of carbonyl (C=O) groups excluding carboxylic acids is 1. The number of ether oxygens (including phenoxy) is 1. The second-order valence-electron chi connectivity index (χ2n) is 3.63. The Morgan fingerprint density at radius 3 is 2.88 bits per heavy atom. The van der Waals surface area contributed by atoms with E-state index in [2.05, 4.69) is 0 Å². The van der Waals surface area contributed by atoms with Crippen LogP contribution in [0, 0.1) is 5.82 Å². The normalized spacial score (nSPS) is 12.2. The van der Waals surface area contributed by atoms with Crippen molar-refractivity contribution in [2.24, 2.45) is 5.73 Å². The molecule has 1 rings (SSSR count). The number of nitrogens with two attached hydrogens (primary N) is 1. The van der Waals surface area contributed by atoms with E-state index >= 15 is 0 Å². The van der Waals surface area contributed by atoms with E-state index in [9.17, 15) is 9.18 Å². The van der Waals surface area contributed by atoms with Crippen LogP contribution in [0.5, 0.6) is 0 Å². The largest absolute Gasteiger partial charge is 0.465 e. The zero-order chi connectivity index (χ0) is 12.8. The molecule has 0 fully saturated rings. The molecule has 0 bridgehead atoms. The number of hydrogen-bond donors (Lipinski definition) is 1. The molecular formula is C12H15ClFNO2. The lowest BCUT2D eigenvalue weighted by molar-refractivity contribution is -0.144. The van der Waals surface area contributed by atoms with Crippen LogP contribution in [0.15, 0.2) is 18.2 Å². The molecule has 1 atom stereocenters. The van der Waals surface area contributed by atoms with Crippen LogP contribution in [0.2, 0.25) is 5.02 Å². The van der Waals surface area contributed by atoms with Crippen molar-refractivity contribution in [1.82, 2.24) is 0 Å². The SMILES string of the molecule is CCOC(=O)C(N)CCc1ccc(Cl)cc1F. The summed E-state index contributed by atoms with van der Waals surface area (Å²) in [6, 6.07) is 3.73. The molecule has 0 amide bonds. The average Bonchev–Trinajstić information content (AvgIpc) is 2.27. The highest BCUT2D eigenvalue weighted by Crippen LogP contribution is 2.16. The molecule has 1 aromatic carbocycles. The van der Waals surface area contributed by atoms with Crippen molar-refractivity contribution in [1.29, 1.82) is 0 Å². The molecule has 0 spiro atoms. The Kier molecular flexibility index (Phi) is 5.38. The average molecular weight is 260 g/mol. The van der Waals surface area contributed by atoms with Gasteiger partial charge in [-0.15, -0.1) is 0 Å². The van der Waals surface area contributed by atoms with E-state index in [1.54, 1.807) is 19.1 Å². The first-order valence-electron chi connectivity index (χ1n) is 5.40. The van der Waals surface area contributed by atoms with Gasteiger partial charge >= 0.3 is 5.97 Å². The molecule has 2 N–H and O–H groups in total. The fourth-order valence-corrected chi connectivity index (χ4v) is 1.56. The van der Waals surface area contributed by atoms with E-state index in [0.29, 0.717) is 30.0 Å². The Labute approximate surface area is 105 Å². The monoisotopic (exact) mass is 259 g/mol. The predicted molar refractivity (Wildman–Crippen MR) is 64.3 cm³/mol. The van der Waals surface area contributed by atoms with Crippen LogP contribution in [0.4, 0.5) is 4.39 Å².